The number of nitrogens with one attached hydrogen (secondary N) is 1. The Labute approximate surface area is 130 Å². The van der Waals surface area contributed by atoms with E-state index in [1.807, 2.05) is 6.20 Å². The van der Waals surface area contributed by atoms with Crippen molar-refractivity contribution in [2.45, 2.75) is 20.4 Å². The molecule has 4 heteroatoms. The van der Waals surface area contributed by atoms with Crippen LogP contribution in [0.1, 0.15) is 19.5 Å². The fourth-order valence-corrected chi connectivity index (χ4v) is 2.62. The van der Waals surface area contributed by atoms with Crippen molar-refractivity contribution in [3.05, 3.63) is 38.1 Å². The quantitative estimate of drug-likeness (QED) is 0.746. The number of aromatic nitrogens is 1. The van der Waals surface area contributed by atoms with Crippen molar-refractivity contribution in [1.82, 2.24) is 10.3 Å². The zero-order valence-corrected chi connectivity index (χ0v) is 14.2. The average Bonchev–Trinajstić information content (AvgIpc) is 2.30. The van der Waals surface area contributed by atoms with E-state index >= 15 is 0 Å². The summed E-state index contributed by atoms with van der Waals surface area (Å²) in [5.41, 5.74) is 1.09. The lowest BCUT2D eigenvalue weighted by Gasteiger charge is -2.08. The van der Waals surface area contributed by atoms with E-state index in [0.29, 0.717) is 5.92 Å². The Kier molecular flexibility index (Phi) is 4.98. The summed E-state index contributed by atoms with van der Waals surface area (Å²) in [6, 6.07) is 6.46. The van der Waals surface area contributed by atoms with Gasteiger partial charge in [-0.05, 0) is 74.6 Å². The minimum Gasteiger partial charge on any atom is -0.311 e. The highest BCUT2D eigenvalue weighted by Gasteiger charge is 2.03. The van der Waals surface area contributed by atoms with Gasteiger partial charge in [0.1, 0.15) is 0 Å². The van der Waals surface area contributed by atoms with Crippen LogP contribution in [0.15, 0.2) is 28.9 Å². The molecular formula is C14H16BrIN2. The molecule has 0 aliphatic carbocycles. The Morgan fingerprint density at radius 3 is 2.78 bits per heavy atom. The van der Waals surface area contributed by atoms with E-state index in [-0.39, 0.29) is 0 Å². The van der Waals surface area contributed by atoms with Gasteiger partial charge < -0.3 is 5.32 Å². The maximum Gasteiger partial charge on any atom is 0.0548 e. The molecule has 18 heavy (non-hydrogen) atoms. The molecule has 0 atom stereocenters. The smallest absolute Gasteiger partial charge is 0.0548 e. The molecule has 0 saturated carbocycles. The third kappa shape index (κ3) is 3.65. The lowest BCUT2D eigenvalue weighted by Crippen LogP contribution is -2.19. The second-order valence-corrected chi connectivity index (χ2v) is 6.83. The van der Waals surface area contributed by atoms with Gasteiger partial charge >= 0.3 is 0 Å². The van der Waals surface area contributed by atoms with Crippen molar-refractivity contribution < 1.29 is 0 Å². The molecule has 0 unspecified atom stereocenters. The molecule has 1 aromatic carbocycles. The standard InChI is InChI=1S/C14H16BrIN2/c1-9(2)6-17-8-12-3-10-4-13(15)14(16)5-11(10)7-18-12/h3-5,7,9,17H,6,8H2,1-2H3. The van der Waals surface area contributed by atoms with Gasteiger partial charge in [0.05, 0.1) is 5.69 Å². The van der Waals surface area contributed by atoms with Crippen LogP contribution in [0.25, 0.3) is 10.8 Å². The summed E-state index contributed by atoms with van der Waals surface area (Å²) in [5.74, 6) is 0.668. The van der Waals surface area contributed by atoms with Gasteiger partial charge in [0.2, 0.25) is 0 Å². The lowest BCUT2D eigenvalue weighted by atomic mass is 10.1. The van der Waals surface area contributed by atoms with Gasteiger partial charge in [-0.25, -0.2) is 0 Å². The van der Waals surface area contributed by atoms with Gasteiger partial charge in [-0.15, -0.1) is 0 Å². The minimum atomic E-state index is 0.668. The number of benzene rings is 1. The SMILES string of the molecule is CC(C)CNCc1cc2cc(Br)c(I)cc2cn1. The Balaban J connectivity index is 2.19. The first-order valence-corrected chi connectivity index (χ1v) is 7.88. The molecule has 2 nitrogen and oxygen atoms in total. The molecule has 0 radical (unpaired) electrons. The van der Waals surface area contributed by atoms with E-state index < -0.39 is 0 Å². The molecule has 0 amide bonds. The van der Waals surface area contributed by atoms with Crippen LogP contribution >= 0.6 is 38.5 Å². The van der Waals surface area contributed by atoms with Crippen LogP contribution in [0.5, 0.6) is 0 Å². The number of pyridine rings is 1. The summed E-state index contributed by atoms with van der Waals surface area (Å²) in [4.78, 5) is 4.49. The maximum absolute atomic E-state index is 4.49. The van der Waals surface area contributed by atoms with Crippen LogP contribution in [-0.4, -0.2) is 11.5 Å². The van der Waals surface area contributed by atoms with Crippen LogP contribution in [0.2, 0.25) is 0 Å². The van der Waals surface area contributed by atoms with Crippen molar-refractivity contribution in [2.24, 2.45) is 5.92 Å². The highest BCUT2D eigenvalue weighted by Crippen LogP contribution is 2.25. The third-order valence-electron chi connectivity index (χ3n) is 2.68. The molecular weight excluding hydrogens is 403 g/mol. The van der Waals surface area contributed by atoms with E-state index in [1.165, 1.54) is 14.3 Å². The minimum absolute atomic E-state index is 0.668. The third-order valence-corrected chi connectivity index (χ3v) is 4.97. The number of hydrogen-bond acceptors (Lipinski definition) is 2. The first kappa shape index (κ1) is 14.2. The van der Waals surface area contributed by atoms with Gasteiger partial charge in [-0.3, -0.25) is 4.98 Å². The van der Waals surface area contributed by atoms with Crippen LogP contribution in [0.3, 0.4) is 0 Å². The van der Waals surface area contributed by atoms with Crippen LogP contribution in [-0.2, 0) is 6.54 Å². The van der Waals surface area contributed by atoms with Gasteiger partial charge in [0, 0.05) is 26.2 Å². The fourth-order valence-electron chi connectivity index (χ4n) is 1.77. The van der Waals surface area contributed by atoms with Crippen molar-refractivity contribution in [1.29, 1.82) is 0 Å². The van der Waals surface area contributed by atoms with E-state index in [4.69, 9.17) is 0 Å². The van der Waals surface area contributed by atoms with Crippen molar-refractivity contribution in [3.8, 4) is 0 Å². The molecule has 0 bridgehead atoms. The molecule has 1 heterocycles. The topological polar surface area (TPSA) is 24.9 Å². The molecule has 2 aromatic rings. The normalized spacial score (nSPS) is 11.4. The molecule has 1 N–H and O–H groups in total. The summed E-state index contributed by atoms with van der Waals surface area (Å²) in [6.45, 7) is 6.27. The molecule has 0 fully saturated rings. The van der Waals surface area contributed by atoms with Gasteiger partial charge in [-0.2, -0.15) is 0 Å². The first-order valence-electron chi connectivity index (χ1n) is 6.00. The predicted octanol–water partition coefficient (Wildman–Crippen LogP) is 4.35. The van der Waals surface area contributed by atoms with Gasteiger partial charge in [0.15, 0.2) is 0 Å². The molecule has 0 spiro atoms. The van der Waals surface area contributed by atoms with Crippen molar-refractivity contribution in [3.63, 3.8) is 0 Å². The first-order chi connectivity index (χ1) is 8.56. The van der Waals surface area contributed by atoms with Crippen LogP contribution in [0.4, 0.5) is 0 Å². The van der Waals surface area contributed by atoms with E-state index in [2.05, 4.69) is 80.9 Å². The lowest BCUT2D eigenvalue weighted by molar-refractivity contribution is 0.548. The number of hydrogen-bond donors (Lipinski definition) is 1. The summed E-state index contributed by atoms with van der Waals surface area (Å²) < 4.78 is 2.36. The Morgan fingerprint density at radius 2 is 2.06 bits per heavy atom. The van der Waals surface area contributed by atoms with Crippen LogP contribution in [0, 0.1) is 9.49 Å². The highest BCUT2D eigenvalue weighted by molar-refractivity contribution is 14.1. The van der Waals surface area contributed by atoms with Gasteiger partial charge in [-0.1, -0.05) is 13.8 Å². The number of fused-ring (bicyclic) bond motifs is 1. The Bertz CT molecular complexity index is 555. The van der Waals surface area contributed by atoms with Gasteiger partial charge in [0.25, 0.3) is 0 Å². The highest BCUT2D eigenvalue weighted by atomic mass is 127. The second kappa shape index (κ2) is 6.30. The number of nitrogens with zero attached hydrogens (tertiary/aromatic N) is 1. The Morgan fingerprint density at radius 1 is 1.28 bits per heavy atom. The van der Waals surface area contributed by atoms with Crippen molar-refractivity contribution in [2.75, 3.05) is 6.54 Å². The molecule has 0 aliphatic heterocycles. The van der Waals surface area contributed by atoms with Crippen LogP contribution < -0.4 is 5.32 Å². The number of rotatable bonds is 4. The molecule has 96 valence electrons. The summed E-state index contributed by atoms with van der Waals surface area (Å²) in [5, 5.41) is 5.84. The zero-order valence-electron chi connectivity index (χ0n) is 10.5. The second-order valence-electron chi connectivity index (χ2n) is 4.81. The molecule has 0 aliphatic rings. The summed E-state index contributed by atoms with van der Waals surface area (Å²) >= 11 is 5.89. The van der Waals surface area contributed by atoms with E-state index in [9.17, 15) is 0 Å². The average molecular weight is 419 g/mol. The molecule has 1 aromatic heterocycles. The molecule has 0 saturated heterocycles. The van der Waals surface area contributed by atoms with Crippen molar-refractivity contribution >= 4 is 49.3 Å². The maximum atomic E-state index is 4.49. The number of halogens is 2. The summed E-state index contributed by atoms with van der Waals surface area (Å²) in [7, 11) is 0. The fraction of sp³-hybridized carbons (Fsp3) is 0.357. The Hall–Kier alpha value is -0.200. The predicted molar refractivity (Wildman–Crippen MR) is 88.7 cm³/mol. The largest absolute Gasteiger partial charge is 0.311 e. The monoisotopic (exact) mass is 418 g/mol. The van der Waals surface area contributed by atoms with E-state index in [1.54, 1.807) is 0 Å². The summed E-state index contributed by atoms with van der Waals surface area (Å²) in [6.07, 6.45) is 1.95. The molecule has 2 rings (SSSR count). The zero-order chi connectivity index (χ0) is 13.1. The van der Waals surface area contributed by atoms with E-state index in [0.717, 1.165) is 23.3 Å².